The van der Waals surface area contributed by atoms with Crippen LogP contribution in [0, 0.1) is 0 Å². The molecule has 0 radical (unpaired) electrons. The van der Waals surface area contributed by atoms with Gasteiger partial charge in [-0.15, -0.1) is 0 Å². The number of nitrogens with zero attached hydrogens (tertiary/aromatic N) is 3. The number of piperidine rings is 1. The molecule has 0 unspecified atom stereocenters. The van der Waals surface area contributed by atoms with Crippen LogP contribution in [0.3, 0.4) is 0 Å². The van der Waals surface area contributed by atoms with Gasteiger partial charge in [0.1, 0.15) is 0 Å². The van der Waals surface area contributed by atoms with Crippen LogP contribution in [0.5, 0.6) is 0 Å². The van der Waals surface area contributed by atoms with Gasteiger partial charge in [-0.25, -0.2) is 0 Å². The minimum Gasteiger partial charge on any atom is -0.395 e. The highest BCUT2D eigenvalue weighted by molar-refractivity contribution is 5.03. The van der Waals surface area contributed by atoms with E-state index in [0.717, 1.165) is 25.2 Å². The van der Waals surface area contributed by atoms with Crippen molar-refractivity contribution in [1.29, 1.82) is 0 Å². The van der Waals surface area contributed by atoms with Crippen LogP contribution >= 0.6 is 0 Å². The minimum absolute atomic E-state index is 0.219. The zero-order valence-corrected chi connectivity index (χ0v) is 8.84. The van der Waals surface area contributed by atoms with Crippen molar-refractivity contribution < 1.29 is 5.11 Å². The molecule has 2 heterocycles. The van der Waals surface area contributed by atoms with Gasteiger partial charge in [0, 0.05) is 25.1 Å². The Morgan fingerprint density at radius 2 is 2.33 bits per heavy atom. The van der Waals surface area contributed by atoms with Crippen LogP contribution in [0.4, 0.5) is 0 Å². The Kier molecular flexibility index (Phi) is 3.64. The highest BCUT2D eigenvalue weighted by Gasteiger charge is 2.24. The normalized spacial score (nSPS) is 22.9. The fraction of sp³-hybridized carbons (Fsp3) is 0.636. The first-order valence-corrected chi connectivity index (χ1v) is 5.52. The molecule has 4 heteroatoms. The molecule has 0 aliphatic carbocycles. The zero-order chi connectivity index (χ0) is 10.5. The first kappa shape index (κ1) is 10.5. The maximum atomic E-state index is 9.01. The van der Waals surface area contributed by atoms with Gasteiger partial charge in [0.2, 0.25) is 0 Å². The Morgan fingerprint density at radius 3 is 3.07 bits per heavy atom. The van der Waals surface area contributed by atoms with Gasteiger partial charge >= 0.3 is 0 Å². The molecule has 1 fully saturated rings. The van der Waals surface area contributed by atoms with Crippen molar-refractivity contribution in [3.05, 3.63) is 24.3 Å². The molecule has 2 rings (SSSR count). The third kappa shape index (κ3) is 2.52. The van der Waals surface area contributed by atoms with E-state index in [1.165, 1.54) is 12.8 Å². The molecule has 1 atom stereocenters. The second-order valence-corrected chi connectivity index (χ2v) is 3.90. The highest BCUT2D eigenvalue weighted by Crippen LogP contribution is 2.28. The van der Waals surface area contributed by atoms with E-state index in [-0.39, 0.29) is 6.61 Å². The van der Waals surface area contributed by atoms with E-state index in [2.05, 4.69) is 14.9 Å². The lowest BCUT2D eigenvalue weighted by molar-refractivity contribution is 0.114. The van der Waals surface area contributed by atoms with Crippen LogP contribution in [0.15, 0.2) is 18.6 Å². The summed E-state index contributed by atoms with van der Waals surface area (Å²) in [5.41, 5.74) is 1.03. The minimum atomic E-state index is 0.219. The third-order valence-electron chi connectivity index (χ3n) is 2.93. The lowest BCUT2D eigenvalue weighted by Gasteiger charge is -2.34. The average Bonchev–Trinajstić information content (AvgIpc) is 2.31. The van der Waals surface area contributed by atoms with Gasteiger partial charge in [-0.1, -0.05) is 6.42 Å². The van der Waals surface area contributed by atoms with Gasteiger partial charge in [-0.3, -0.25) is 14.9 Å². The molecule has 1 aliphatic heterocycles. The van der Waals surface area contributed by atoms with Crippen molar-refractivity contribution in [2.45, 2.75) is 25.3 Å². The lowest BCUT2D eigenvalue weighted by Crippen LogP contribution is -2.35. The Hall–Kier alpha value is -1.00. The van der Waals surface area contributed by atoms with Crippen molar-refractivity contribution in [3.63, 3.8) is 0 Å². The SMILES string of the molecule is OCCN1CCCC[C@H]1c1cnccn1. The van der Waals surface area contributed by atoms with Crippen LogP contribution in [0.1, 0.15) is 31.0 Å². The summed E-state index contributed by atoms with van der Waals surface area (Å²) in [7, 11) is 0. The number of likely N-dealkylation sites (tertiary alicyclic amines) is 1. The lowest BCUT2D eigenvalue weighted by atomic mass is 10.00. The van der Waals surface area contributed by atoms with Gasteiger partial charge in [0.15, 0.2) is 0 Å². The Morgan fingerprint density at radius 1 is 1.40 bits per heavy atom. The summed E-state index contributed by atoms with van der Waals surface area (Å²) in [5, 5.41) is 9.01. The van der Waals surface area contributed by atoms with E-state index in [1.54, 1.807) is 12.4 Å². The van der Waals surface area contributed by atoms with Crippen molar-refractivity contribution in [2.24, 2.45) is 0 Å². The molecule has 0 saturated carbocycles. The van der Waals surface area contributed by atoms with Gasteiger partial charge in [0.05, 0.1) is 18.3 Å². The summed E-state index contributed by atoms with van der Waals surface area (Å²) in [5.74, 6) is 0. The van der Waals surface area contributed by atoms with Gasteiger partial charge < -0.3 is 5.11 Å². The largest absolute Gasteiger partial charge is 0.395 e. The molecule has 1 aliphatic rings. The monoisotopic (exact) mass is 207 g/mol. The smallest absolute Gasteiger partial charge is 0.0758 e. The molecule has 1 saturated heterocycles. The van der Waals surface area contributed by atoms with Gasteiger partial charge in [-0.2, -0.15) is 0 Å². The van der Waals surface area contributed by atoms with E-state index in [0.29, 0.717) is 6.04 Å². The van der Waals surface area contributed by atoms with E-state index >= 15 is 0 Å². The molecular weight excluding hydrogens is 190 g/mol. The van der Waals surface area contributed by atoms with E-state index in [1.807, 2.05) is 6.20 Å². The first-order valence-electron chi connectivity index (χ1n) is 5.52. The van der Waals surface area contributed by atoms with Gasteiger partial charge in [0.25, 0.3) is 0 Å². The number of hydrogen-bond donors (Lipinski definition) is 1. The maximum absolute atomic E-state index is 9.01. The Labute approximate surface area is 90.0 Å². The Balaban J connectivity index is 2.11. The van der Waals surface area contributed by atoms with Crippen LogP contribution in [-0.4, -0.2) is 39.7 Å². The quantitative estimate of drug-likeness (QED) is 0.803. The molecular formula is C11H17N3O. The average molecular weight is 207 g/mol. The molecule has 0 aromatic carbocycles. The number of aromatic nitrogens is 2. The summed E-state index contributed by atoms with van der Waals surface area (Å²) < 4.78 is 0. The van der Waals surface area contributed by atoms with Crippen molar-refractivity contribution in [3.8, 4) is 0 Å². The molecule has 1 aromatic rings. The summed E-state index contributed by atoms with van der Waals surface area (Å²) in [6.07, 6.45) is 8.85. The summed E-state index contributed by atoms with van der Waals surface area (Å²) in [6, 6.07) is 0.347. The second-order valence-electron chi connectivity index (χ2n) is 3.90. The molecule has 82 valence electrons. The molecule has 15 heavy (non-hydrogen) atoms. The molecule has 0 bridgehead atoms. The van der Waals surface area contributed by atoms with Crippen molar-refractivity contribution in [1.82, 2.24) is 14.9 Å². The van der Waals surface area contributed by atoms with Crippen LogP contribution in [0.25, 0.3) is 0 Å². The third-order valence-corrected chi connectivity index (χ3v) is 2.93. The maximum Gasteiger partial charge on any atom is 0.0758 e. The molecule has 0 spiro atoms. The predicted octanol–water partition coefficient (Wildman–Crippen LogP) is 0.996. The number of rotatable bonds is 3. The van der Waals surface area contributed by atoms with Crippen LogP contribution < -0.4 is 0 Å². The molecule has 1 N–H and O–H groups in total. The zero-order valence-electron chi connectivity index (χ0n) is 8.84. The van der Waals surface area contributed by atoms with Crippen molar-refractivity contribution in [2.75, 3.05) is 19.7 Å². The van der Waals surface area contributed by atoms with Crippen LogP contribution in [0.2, 0.25) is 0 Å². The standard InChI is InChI=1S/C11H17N3O/c15-8-7-14-6-2-1-3-11(14)10-9-12-4-5-13-10/h4-5,9,11,15H,1-3,6-8H2/t11-/m0/s1. The molecule has 4 nitrogen and oxygen atoms in total. The molecule has 1 aromatic heterocycles. The predicted molar refractivity (Wildman–Crippen MR) is 57.3 cm³/mol. The number of β-amino-alcohol motifs (C(OH)–C–C–N with tert-alkyl or cyclic N) is 1. The van der Waals surface area contributed by atoms with Gasteiger partial charge in [-0.05, 0) is 19.4 Å². The topological polar surface area (TPSA) is 49.2 Å². The highest BCUT2D eigenvalue weighted by atomic mass is 16.3. The fourth-order valence-electron chi connectivity index (χ4n) is 2.20. The first-order chi connectivity index (χ1) is 7.42. The summed E-state index contributed by atoms with van der Waals surface area (Å²) in [6.45, 7) is 2.01. The summed E-state index contributed by atoms with van der Waals surface area (Å²) in [4.78, 5) is 10.8. The van der Waals surface area contributed by atoms with Crippen LogP contribution in [-0.2, 0) is 0 Å². The number of aliphatic hydroxyl groups is 1. The number of aliphatic hydroxyl groups excluding tert-OH is 1. The Bertz CT molecular complexity index is 289. The second kappa shape index (κ2) is 5.19. The summed E-state index contributed by atoms with van der Waals surface area (Å²) >= 11 is 0. The van der Waals surface area contributed by atoms with Crippen molar-refractivity contribution >= 4 is 0 Å². The van der Waals surface area contributed by atoms with E-state index < -0.39 is 0 Å². The number of hydrogen-bond acceptors (Lipinski definition) is 4. The molecule has 0 amide bonds. The fourth-order valence-corrected chi connectivity index (χ4v) is 2.20. The van der Waals surface area contributed by atoms with E-state index in [4.69, 9.17) is 5.11 Å². The van der Waals surface area contributed by atoms with E-state index in [9.17, 15) is 0 Å².